The summed E-state index contributed by atoms with van der Waals surface area (Å²) in [5.74, 6) is -0.158. The molecule has 0 radical (unpaired) electrons. The minimum Gasteiger partial charge on any atom is -0.493 e. The number of rotatable bonds is 13. The normalized spacial score (nSPS) is 11.9. The molecule has 0 spiro atoms. The monoisotopic (exact) mass is 760 g/mol. The highest BCUT2D eigenvalue weighted by molar-refractivity contribution is 8.00. The summed E-state index contributed by atoms with van der Waals surface area (Å²) in [5, 5.41) is 10.5. The van der Waals surface area contributed by atoms with Gasteiger partial charge in [0.1, 0.15) is 10.9 Å². The molecule has 56 heavy (non-hydrogen) atoms. The number of amides is 3. The molecule has 280 valence electrons. The molecule has 7 rings (SSSR count). The van der Waals surface area contributed by atoms with Crippen LogP contribution in [0.1, 0.15) is 33.7 Å². The highest BCUT2D eigenvalue weighted by Gasteiger charge is 2.24. The van der Waals surface area contributed by atoms with Crippen molar-refractivity contribution in [1.82, 2.24) is 9.88 Å². The van der Waals surface area contributed by atoms with E-state index in [4.69, 9.17) is 9.47 Å². The number of aromatic nitrogens is 1. The molecule has 1 heterocycles. The second-order valence-corrected chi connectivity index (χ2v) is 14.0. The number of hydrogen-bond donors (Lipinski definition) is 3. The maximum atomic E-state index is 14.1. The van der Waals surface area contributed by atoms with Gasteiger partial charge in [-0.3, -0.25) is 14.4 Å². The number of nitrogens with zero attached hydrogens (tertiary/aromatic N) is 1. The Morgan fingerprint density at radius 2 is 1.38 bits per heavy atom. The van der Waals surface area contributed by atoms with Crippen molar-refractivity contribution >= 4 is 68.7 Å². The van der Waals surface area contributed by atoms with Crippen LogP contribution in [0.4, 0.5) is 11.4 Å². The summed E-state index contributed by atoms with van der Waals surface area (Å²) >= 11 is 1.37. The third-order valence-corrected chi connectivity index (χ3v) is 10.5. The molecule has 3 amide bonds. The van der Waals surface area contributed by atoms with Gasteiger partial charge in [0.15, 0.2) is 11.5 Å². The first-order valence-electron chi connectivity index (χ1n) is 18.1. The number of aryl methyl sites for hydroxylation is 1. The molecule has 3 N–H and O–H groups in total. The van der Waals surface area contributed by atoms with Crippen molar-refractivity contribution in [3.63, 3.8) is 0 Å². The molecule has 0 saturated carbocycles. The lowest BCUT2D eigenvalue weighted by Gasteiger charge is -2.18. The number of nitrogens with one attached hydrogen (secondary N) is 3. The fourth-order valence-corrected chi connectivity index (χ4v) is 7.70. The molecule has 0 fully saturated rings. The average molecular weight is 761 g/mol. The third-order valence-electron chi connectivity index (χ3n) is 9.29. The molecule has 10 heteroatoms. The number of ether oxygens (including phenoxy) is 2. The molecule has 1 aromatic heterocycles. The lowest BCUT2D eigenvalue weighted by Crippen LogP contribution is -2.30. The smallest absolute Gasteiger partial charge is 0.272 e. The number of hydrogen-bond acceptors (Lipinski definition) is 6. The molecule has 0 aliphatic carbocycles. The Kier molecular flexibility index (Phi) is 11.5. The Balaban J connectivity index is 1.14. The Labute approximate surface area is 329 Å². The van der Waals surface area contributed by atoms with Gasteiger partial charge in [-0.15, -0.1) is 11.8 Å². The molecular weight excluding hydrogens is 721 g/mol. The predicted octanol–water partition coefficient (Wildman–Crippen LogP) is 9.71. The van der Waals surface area contributed by atoms with E-state index in [9.17, 15) is 14.4 Å². The van der Waals surface area contributed by atoms with Crippen LogP contribution in [0.15, 0.2) is 156 Å². The van der Waals surface area contributed by atoms with Gasteiger partial charge in [0.05, 0.1) is 14.2 Å². The second kappa shape index (κ2) is 17.1. The fraction of sp³-hybridized carbons (Fsp3) is 0.109. The van der Waals surface area contributed by atoms with Crippen LogP contribution >= 0.6 is 11.8 Å². The number of methoxy groups -OCH3 is 2. The summed E-state index contributed by atoms with van der Waals surface area (Å²) in [6.07, 6.45) is 1.57. The van der Waals surface area contributed by atoms with Crippen LogP contribution in [0, 0.1) is 0 Å². The first-order chi connectivity index (χ1) is 27.3. The molecular formula is C46H40N4O5S. The number of carbonyl (C=O) groups is 3. The Morgan fingerprint density at radius 1 is 0.679 bits per heavy atom. The van der Waals surface area contributed by atoms with Crippen LogP contribution in [0.2, 0.25) is 0 Å². The van der Waals surface area contributed by atoms with E-state index in [0.717, 1.165) is 38.8 Å². The number of fused-ring (bicyclic) bond motifs is 3. The van der Waals surface area contributed by atoms with Gasteiger partial charge in [0, 0.05) is 50.2 Å². The summed E-state index contributed by atoms with van der Waals surface area (Å²) in [6, 6.07) is 45.1. The van der Waals surface area contributed by atoms with Crippen molar-refractivity contribution in [2.75, 3.05) is 24.9 Å². The largest absolute Gasteiger partial charge is 0.493 e. The molecule has 7 aromatic rings. The van der Waals surface area contributed by atoms with E-state index in [0.29, 0.717) is 34.0 Å². The van der Waals surface area contributed by atoms with Crippen molar-refractivity contribution in [3.05, 3.63) is 168 Å². The number of anilines is 2. The SMILES string of the molecule is CCn1c2ccccc2c2cc(NC(=O)C(Sc3cccc(NC(=O)/C(=C\c4ccc(OC)c(OC)c4)NC(=O)c4ccccc4)c3)c3ccccc3)ccc21. The fourth-order valence-electron chi connectivity index (χ4n) is 6.61. The quantitative estimate of drug-likeness (QED) is 0.0798. The number of benzene rings is 6. The molecule has 6 aromatic carbocycles. The zero-order valence-corrected chi connectivity index (χ0v) is 31.9. The van der Waals surface area contributed by atoms with Crippen LogP contribution in [0.5, 0.6) is 11.5 Å². The zero-order valence-electron chi connectivity index (χ0n) is 31.1. The van der Waals surface area contributed by atoms with E-state index in [2.05, 4.69) is 45.6 Å². The number of thioether (sulfide) groups is 1. The Morgan fingerprint density at radius 3 is 2.12 bits per heavy atom. The number of carbonyl (C=O) groups excluding carboxylic acids is 3. The Bertz CT molecular complexity index is 2570. The molecule has 0 saturated heterocycles. The maximum Gasteiger partial charge on any atom is 0.272 e. The number of para-hydroxylation sites is 1. The van der Waals surface area contributed by atoms with Gasteiger partial charge in [0.2, 0.25) is 5.91 Å². The van der Waals surface area contributed by atoms with Crippen LogP contribution in [0.25, 0.3) is 27.9 Å². The van der Waals surface area contributed by atoms with Crippen LogP contribution in [-0.4, -0.2) is 36.5 Å². The summed E-state index contributed by atoms with van der Waals surface area (Å²) in [6.45, 7) is 2.96. The summed E-state index contributed by atoms with van der Waals surface area (Å²) in [7, 11) is 3.07. The first-order valence-corrected chi connectivity index (χ1v) is 19.0. The topological polar surface area (TPSA) is 111 Å². The van der Waals surface area contributed by atoms with E-state index in [-0.39, 0.29) is 11.6 Å². The van der Waals surface area contributed by atoms with Gasteiger partial charge < -0.3 is 30.0 Å². The van der Waals surface area contributed by atoms with Gasteiger partial charge >= 0.3 is 0 Å². The van der Waals surface area contributed by atoms with Gasteiger partial charge in [-0.2, -0.15) is 0 Å². The molecule has 0 aliphatic rings. The van der Waals surface area contributed by atoms with E-state index >= 15 is 0 Å². The van der Waals surface area contributed by atoms with Crippen LogP contribution in [0.3, 0.4) is 0 Å². The summed E-state index contributed by atoms with van der Waals surface area (Å²) in [4.78, 5) is 42.0. The van der Waals surface area contributed by atoms with Crippen LogP contribution in [-0.2, 0) is 16.1 Å². The predicted molar refractivity (Wildman–Crippen MR) is 225 cm³/mol. The van der Waals surface area contributed by atoms with Crippen molar-refractivity contribution in [1.29, 1.82) is 0 Å². The second-order valence-electron chi connectivity index (χ2n) is 12.9. The van der Waals surface area contributed by atoms with Crippen molar-refractivity contribution < 1.29 is 23.9 Å². The molecule has 9 nitrogen and oxygen atoms in total. The van der Waals surface area contributed by atoms with Gasteiger partial charge in [-0.05, 0) is 90.9 Å². The minimum atomic E-state index is -0.611. The highest BCUT2D eigenvalue weighted by Crippen LogP contribution is 2.38. The highest BCUT2D eigenvalue weighted by atomic mass is 32.2. The molecule has 0 aliphatic heterocycles. The third kappa shape index (κ3) is 8.30. The van der Waals surface area contributed by atoms with E-state index in [1.807, 2.05) is 78.9 Å². The van der Waals surface area contributed by atoms with E-state index in [1.165, 1.54) is 18.9 Å². The standard InChI is InChI=1S/C46H40N4O5S/c1-4-50-39-21-12-11-20-36(39)37-29-34(23-24-40(37)50)48-46(53)43(31-14-7-5-8-15-31)56-35-19-13-18-33(28-35)47-45(52)38(49-44(51)32-16-9-6-10-17-32)26-30-22-25-41(54-2)42(27-30)55-3/h5-29,43H,4H2,1-3H3,(H,47,52)(H,48,53)(H,49,51)/b38-26+. The van der Waals surface area contributed by atoms with Crippen LogP contribution < -0.4 is 25.4 Å². The summed E-state index contributed by atoms with van der Waals surface area (Å²) in [5.41, 5.74) is 5.31. The van der Waals surface area contributed by atoms with Crippen molar-refractivity contribution in [2.24, 2.45) is 0 Å². The average Bonchev–Trinajstić information content (AvgIpc) is 3.56. The Hall–Kier alpha value is -6.78. The van der Waals surface area contributed by atoms with E-state index in [1.54, 1.807) is 61.7 Å². The van der Waals surface area contributed by atoms with Crippen molar-refractivity contribution in [2.45, 2.75) is 23.6 Å². The molecule has 1 atom stereocenters. The lowest BCUT2D eigenvalue weighted by atomic mass is 10.1. The molecule has 1 unspecified atom stereocenters. The molecule has 0 bridgehead atoms. The van der Waals surface area contributed by atoms with Gasteiger partial charge in [-0.25, -0.2) is 0 Å². The van der Waals surface area contributed by atoms with E-state index < -0.39 is 17.1 Å². The van der Waals surface area contributed by atoms with Crippen molar-refractivity contribution in [3.8, 4) is 11.5 Å². The minimum absolute atomic E-state index is 0.0182. The summed E-state index contributed by atoms with van der Waals surface area (Å²) < 4.78 is 13.1. The lowest BCUT2D eigenvalue weighted by molar-refractivity contribution is -0.116. The maximum absolute atomic E-state index is 14.1. The van der Waals surface area contributed by atoms with Gasteiger partial charge in [0.25, 0.3) is 11.8 Å². The van der Waals surface area contributed by atoms with Gasteiger partial charge in [-0.1, -0.05) is 78.9 Å². The first kappa shape index (κ1) is 37.5. The zero-order chi connectivity index (χ0) is 39.0.